The normalized spacial score (nSPS) is 58.7. The van der Waals surface area contributed by atoms with Gasteiger partial charge in [-0.05, 0) is 6.92 Å². The fraction of sp³-hybridized carbons (Fsp3) is 0.833. The molecule has 2 spiro atoms. The first kappa shape index (κ1) is 17.0. The minimum atomic E-state index is -1.20. The van der Waals surface area contributed by atoms with Crippen LogP contribution in [0.3, 0.4) is 0 Å². The fourth-order valence-electron chi connectivity index (χ4n) is 6.96. The summed E-state index contributed by atoms with van der Waals surface area (Å²) in [5, 5.41) is 0. The highest BCUT2D eigenvalue weighted by molar-refractivity contribution is 14.1. The Morgan fingerprint density at radius 3 is 2.81 bits per heavy atom. The Bertz CT molecular complexity index is 800. The van der Waals surface area contributed by atoms with Gasteiger partial charge in [0.15, 0.2) is 0 Å². The number of ether oxygens (including phenoxy) is 5. The molecule has 0 amide bonds. The van der Waals surface area contributed by atoms with Crippen LogP contribution in [0.15, 0.2) is 0 Å². The second-order valence-corrected chi connectivity index (χ2v) is 9.63. The van der Waals surface area contributed by atoms with Gasteiger partial charge in [-0.2, -0.15) is 0 Å². The Morgan fingerprint density at radius 2 is 2.07 bits per heavy atom. The lowest BCUT2D eigenvalue weighted by atomic mass is 9.36. The molecule has 7 aliphatic rings. The largest absolute Gasteiger partial charge is 0.457 e. The third kappa shape index (κ3) is 1.47. The topological polar surface area (TPSA) is 97.4 Å². The molecular weight excluding hydrogens is 471 g/mol. The van der Waals surface area contributed by atoms with Gasteiger partial charge in [-0.25, -0.2) is 0 Å². The van der Waals surface area contributed by atoms with Crippen molar-refractivity contribution in [2.45, 2.75) is 56.4 Å². The molecule has 146 valence electrons. The number of alkyl halides is 1. The molecule has 6 heterocycles. The van der Waals surface area contributed by atoms with Crippen molar-refractivity contribution in [1.29, 1.82) is 0 Å². The molecule has 6 aliphatic heterocycles. The maximum Gasteiger partial charge on any atom is 0.319 e. The Labute approximate surface area is 168 Å². The number of hydrogen-bond acceptors (Lipinski definition) is 8. The van der Waals surface area contributed by atoms with Crippen LogP contribution in [-0.4, -0.2) is 65.1 Å². The zero-order valence-electron chi connectivity index (χ0n) is 14.8. The standard InChI is InChI=1S/C18H19IO8/c1-6-5-23-12-9-11(25-8(20)4-19)10(6)26-14(21)17(12)7-3-16(2)13(24-7)18(9,17)15(22)27-16/h6-7,9-13H,3-5H2,1-2H3/t6?,7?,9?,10-,11?,12?,13?,16?,17?,18?/m0/s1. The molecule has 1 saturated carbocycles. The number of rotatable bonds is 2. The number of fused-ring (bicyclic) bond motifs is 2. The Hall–Kier alpha value is -0.940. The van der Waals surface area contributed by atoms with Gasteiger partial charge >= 0.3 is 17.9 Å². The lowest BCUT2D eigenvalue weighted by Crippen LogP contribution is -2.80. The van der Waals surface area contributed by atoms with Crippen LogP contribution in [0.2, 0.25) is 0 Å². The molecule has 6 bridgehead atoms. The van der Waals surface area contributed by atoms with Crippen LogP contribution < -0.4 is 0 Å². The van der Waals surface area contributed by atoms with Crippen LogP contribution in [-0.2, 0) is 38.1 Å². The van der Waals surface area contributed by atoms with Crippen molar-refractivity contribution < 1.29 is 38.1 Å². The predicted octanol–water partition coefficient (Wildman–Crippen LogP) is 0.383. The van der Waals surface area contributed by atoms with E-state index in [1.54, 1.807) is 0 Å². The fourth-order valence-corrected chi connectivity index (χ4v) is 7.14. The van der Waals surface area contributed by atoms with E-state index in [1.165, 1.54) is 0 Å². The minimum absolute atomic E-state index is 0.150. The monoisotopic (exact) mass is 490 g/mol. The average molecular weight is 490 g/mol. The van der Waals surface area contributed by atoms with Crippen LogP contribution in [0.25, 0.3) is 0 Å². The van der Waals surface area contributed by atoms with Crippen molar-refractivity contribution in [3.05, 3.63) is 0 Å². The molecule has 0 N–H and O–H groups in total. The Kier molecular flexibility index (Phi) is 3.01. The third-order valence-electron chi connectivity index (χ3n) is 7.75. The van der Waals surface area contributed by atoms with E-state index in [2.05, 4.69) is 0 Å². The Balaban J connectivity index is 1.58. The zero-order valence-corrected chi connectivity index (χ0v) is 17.0. The van der Waals surface area contributed by atoms with Crippen molar-refractivity contribution in [2.75, 3.05) is 11.0 Å². The molecule has 27 heavy (non-hydrogen) atoms. The number of carbonyl (C=O) groups excluding carboxylic acids is 3. The van der Waals surface area contributed by atoms with E-state index in [-0.39, 0.29) is 10.3 Å². The molecule has 9 heteroatoms. The average Bonchev–Trinajstić information content (AvgIpc) is 3.01. The summed E-state index contributed by atoms with van der Waals surface area (Å²) < 4.78 is 30.0. The van der Waals surface area contributed by atoms with Crippen LogP contribution in [0.5, 0.6) is 0 Å². The Morgan fingerprint density at radius 1 is 1.30 bits per heavy atom. The molecule has 1 aliphatic carbocycles. The molecule has 0 radical (unpaired) electrons. The van der Waals surface area contributed by atoms with Gasteiger partial charge in [0.2, 0.25) is 0 Å². The van der Waals surface area contributed by atoms with Gasteiger partial charge in [0.25, 0.3) is 0 Å². The number of hydrogen-bond donors (Lipinski definition) is 0. The molecule has 0 aromatic rings. The van der Waals surface area contributed by atoms with Crippen LogP contribution in [0.4, 0.5) is 0 Å². The molecule has 6 saturated heterocycles. The van der Waals surface area contributed by atoms with Crippen molar-refractivity contribution in [3.8, 4) is 0 Å². The first-order valence-electron chi connectivity index (χ1n) is 9.29. The summed E-state index contributed by atoms with van der Waals surface area (Å²) in [6, 6.07) is 0. The molecule has 9 unspecified atom stereocenters. The highest BCUT2D eigenvalue weighted by Gasteiger charge is 2.99. The maximum atomic E-state index is 13.4. The summed E-state index contributed by atoms with van der Waals surface area (Å²) in [4.78, 5) is 38.8. The third-order valence-corrected chi connectivity index (χ3v) is 8.37. The minimum Gasteiger partial charge on any atom is -0.457 e. The van der Waals surface area contributed by atoms with E-state index in [0.29, 0.717) is 13.0 Å². The van der Waals surface area contributed by atoms with E-state index in [9.17, 15) is 14.4 Å². The predicted molar refractivity (Wildman–Crippen MR) is 93.7 cm³/mol. The molecule has 0 aromatic heterocycles. The van der Waals surface area contributed by atoms with Gasteiger partial charge in [-0.15, -0.1) is 0 Å². The van der Waals surface area contributed by atoms with E-state index < -0.39 is 70.8 Å². The van der Waals surface area contributed by atoms with Gasteiger partial charge in [-0.1, -0.05) is 29.5 Å². The molecule has 7 rings (SSSR count). The quantitative estimate of drug-likeness (QED) is 0.237. The summed E-state index contributed by atoms with van der Waals surface area (Å²) in [5.74, 6) is -1.97. The van der Waals surface area contributed by atoms with Gasteiger partial charge in [0.1, 0.15) is 34.7 Å². The van der Waals surface area contributed by atoms with Crippen molar-refractivity contribution in [2.24, 2.45) is 22.7 Å². The molecule has 10 atom stereocenters. The number of halogens is 1. The van der Waals surface area contributed by atoms with Crippen LogP contribution in [0, 0.1) is 22.7 Å². The summed E-state index contributed by atoms with van der Waals surface area (Å²) >= 11 is 1.93. The van der Waals surface area contributed by atoms with Gasteiger partial charge in [-0.3, -0.25) is 14.4 Å². The van der Waals surface area contributed by atoms with E-state index in [0.717, 1.165) is 0 Å². The van der Waals surface area contributed by atoms with Crippen LogP contribution in [0.1, 0.15) is 20.3 Å². The van der Waals surface area contributed by atoms with Crippen LogP contribution >= 0.6 is 22.6 Å². The maximum absolute atomic E-state index is 13.4. The van der Waals surface area contributed by atoms with Gasteiger partial charge < -0.3 is 23.7 Å². The molecule has 8 nitrogen and oxygen atoms in total. The molecule has 7 fully saturated rings. The molecular formula is C18H19IO8. The van der Waals surface area contributed by atoms with E-state index in [1.807, 2.05) is 36.4 Å². The highest BCUT2D eigenvalue weighted by Crippen LogP contribution is 2.82. The van der Waals surface area contributed by atoms with E-state index >= 15 is 0 Å². The highest BCUT2D eigenvalue weighted by atomic mass is 127. The van der Waals surface area contributed by atoms with Gasteiger partial charge in [0.05, 0.1) is 23.2 Å². The number of carbonyl (C=O) groups is 3. The zero-order chi connectivity index (χ0) is 18.9. The second-order valence-electron chi connectivity index (χ2n) is 8.86. The lowest BCUT2D eigenvalue weighted by Gasteiger charge is -2.61. The summed E-state index contributed by atoms with van der Waals surface area (Å²) in [5.41, 5.74) is -3.15. The summed E-state index contributed by atoms with van der Waals surface area (Å²) in [6.45, 7) is 4.13. The van der Waals surface area contributed by atoms with Crippen molar-refractivity contribution in [1.82, 2.24) is 0 Å². The smallest absolute Gasteiger partial charge is 0.319 e. The summed E-state index contributed by atoms with van der Waals surface area (Å²) in [7, 11) is 0. The summed E-state index contributed by atoms with van der Waals surface area (Å²) in [6.07, 6.45) is -2.54. The number of esters is 3. The van der Waals surface area contributed by atoms with E-state index in [4.69, 9.17) is 23.7 Å². The second kappa shape index (κ2) is 4.79. The van der Waals surface area contributed by atoms with Crippen molar-refractivity contribution in [3.63, 3.8) is 0 Å². The first-order valence-corrected chi connectivity index (χ1v) is 10.8. The first-order chi connectivity index (χ1) is 12.8. The van der Waals surface area contributed by atoms with Gasteiger partial charge in [0, 0.05) is 18.3 Å². The SMILES string of the molecule is CC1COC2C3C(OC(=O)CI)[C@H]1OC(=O)C21C2CC4(C)OC(=O)C31C4O2. The lowest BCUT2D eigenvalue weighted by molar-refractivity contribution is -0.261. The van der Waals surface area contributed by atoms with Crippen molar-refractivity contribution >= 4 is 40.5 Å². The molecule has 0 aromatic carbocycles.